The van der Waals surface area contributed by atoms with Gasteiger partial charge in [-0.1, -0.05) is 0 Å². The molecule has 2 rings (SSSR count). The van der Waals surface area contributed by atoms with Gasteiger partial charge in [-0.3, -0.25) is 15.1 Å². The smallest absolute Gasteiger partial charge is 0.149 e. The van der Waals surface area contributed by atoms with Crippen LogP contribution in [0, 0.1) is 11.3 Å². The third-order valence-electron chi connectivity index (χ3n) is 1.77. The number of hydrogen-bond donors (Lipinski definition) is 2. The Balaban J connectivity index is 1.97. The maximum atomic E-state index is 8.56. The lowest BCUT2D eigenvalue weighted by atomic mass is 10.4. The molecule has 0 saturated heterocycles. The number of rotatable bonds is 3. The van der Waals surface area contributed by atoms with E-state index in [1.54, 1.807) is 24.7 Å². The zero-order valence-electron chi connectivity index (χ0n) is 7.81. The largest absolute Gasteiger partial charge is 0.363 e. The van der Waals surface area contributed by atoms with Gasteiger partial charge in [0.2, 0.25) is 0 Å². The van der Waals surface area contributed by atoms with Gasteiger partial charge in [0.1, 0.15) is 17.6 Å². The summed E-state index contributed by atoms with van der Waals surface area (Å²) in [4.78, 5) is 8.03. The lowest BCUT2D eigenvalue weighted by Gasteiger charge is -1.99. The third kappa shape index (κ3) is 2.28. The van der Waals surface area contributed by atoms with Crippen LogP contribution in [-0.2, 0) is 6.54 Å². The Bertz CT molecular complexity index is 469. The molecule has 2 heterocycles. The summed E-state index contributed by atoms with van der Waals surface area (Å²) < 4.78 is 0. The number of aromatic nitrogens is 4. The van der Waals surface area contributed by atoms with Gasteiger partial charge in [-0.25, -0.2) is 0 Å². The van der Waals surface area contributed by atoms with Gasteiger partial charge in [-0.05, 0) is 0 Å². The van der Waals surface area contributed by atoms with E-state index >= 15 is 0 Å². The highest BCUT2D eigenvalue weighted by Gasteiger charge is 1.99. The first-order chi connectivity index (χ1) is 7.38. The van der Waals surface area contributed by atoms with Crippen LogP contribution in [0.5, 0.6) is 0 Å². The van der Waals surface area contributed by atoms with Crippen molar-refractivity contribution in [1.82, 2.24) is 20.2 Å². The van der Waals surface area contributed by atoms with Crippen molar-refractivity contribution in [2.24, 2.45) is 0 Å². The molecule has 0 spiro atoms. The van der Waals surface area contributed by atoms with Crippen LogP contribution in [0.25, 0.3) is 0 Å². The summed E-state index contributed by atoms with van der Waals surface area (Å²) >= 11 is 0. The van der Waals surface area contributed by atoms with Crippen LogP contribution in [-0.4, -0.2) is 20.2 Å². The fraction of sp³-hybridized carbons (Fsp3) is 0.111. The Morgan fingerprint density at radius 1 is 1.47 bits per heavy atom. The minimum Gasteiger partial charge on any atom is -0.363 e. The number of nitrogens with zero attached hydrogens (tertiary/aromatic N) is 4. The summed E-state index contributed by atoms with van der Waals surface area (Å²) in [7, 11) is 0. The van der Waals surface area contributed by atoms with Crippen LogP contribution in [0.15, 0.2) is 24.7 Å². The van der Waals surface area contributed by atoms with E-state index in [1.807, 2.05) is 6.07 Å². The van der Waals surface area contributed by atoms with Crippen molar-refractivity contribution in [1.29, 1.82) is 5.26 Å². The fourth-order valence-electron chi connectivity index (χ4n) is 1.07. The van der Waals surface area contributed by atoms with Crippen molar-refractivity contribution in [2.45, 2.75) is 6.54 Å². The van der Waals surface area contributed by atoms with E-state index in [1.165, 1.54) is 0 Å². The summed E-state index contributed by atoms with van der Waals surface area (Å²) in [6.45, 7) is 0.531. The molecule has 6 nitrogen and oxygen atoms in total. The normalized spacial score (nSPS) is 9.53. The first kappa shape index (κ1) is 9.15. The van der Waals surface area contributed by atoms with E-state index in [0.29, 0.717) is 18.1 Å². The second-order valence-corrected chi connectivity index (χ2v) is 2.83. The van der Waals surface area contributed by atoms with Gasteiger partial charge < -0.3 is 5.32 Å². The van der Waals surface area contributed by atoms with Crippen molar-refractivity contribution in [3.05, 3.63) is 36.0 Å². The standard InChI is InChI=1S/C9H8N6/c10-4-7-3-9(15-14-7)13-6-8-5-11-1-2-12-8/h1-3,5H,6H2,(H2,13,14,15). The quantitative estimate of drug-likeness (QED) is 0.760. The molecule has 2 N–H and O–H groups in total. The Labute approximate surface area is 86.0 Å². The molecule has 0 unspecified atom stereocenters. The molecule has 0 bridgehead atoms. The molecule has 15 heavy (non-hydrogen) atoms. The molecule has 0 aliphatic rings. The zero-order chi connectivity index (χ0) is 10.5. The molecule has 0 aliphatic heterocycles. The Hall–Kier alpha value is -2.42. The average Bonchev–Trinajstić information content (AvgIpc) is 2.76. The number of aromatic amines is 1. The van der Waals surface area contributed by atoms with Crippen LogP contribution in [0.3, 0.4) is 0 Å². The number of anilines is 1. The Kier molecular flexibility index (Phi) is 2.56. The van der Waals surface area contributed by atoms with Gasteiger partial charge in [-0.15, -0.1) is 0 Å². The van der Waals surface area contributed by atoms with Gasteiger partial charge >= 0.3 is 0 Å². The number of nitriles is 1. The Morgan fingerprint density at radius 2 is 2.40 bits per heavy atom. The third-order valence-corrected chi connectivity index (χ3v) is 1.77. The van der Waals surface area contributed by atoms with Crippen LogP contribution in [0.4, 0.5) is 5.82 Å². The number of hydrogen-bond acceptors (Lipinski definition) is 5. The molecule has 0 radical (unpaired) electrons. The van der Waals surface area contributed by atoms with Crippen molar-refractivity contribution in [2.75, 3.05) is 5.32 Å². The molecule has 2 aromatic rings. The highest BCUT2D eigenvalue weighted by Crippen LogP contribution is 2.05. The molecular formula is C9H8N6. The van der Waals surface area contributed by atoms with Crippen LogP contribution < -0.4 is 5.32 Å². The van der Waals surface area contributed by atoms with Crippen LogP contribution in [0.2, 0.25) is 0 Å². The molecule has 0 atom stereocenters. The maximum absolute atomic E-state index is 8.56. The molecular weight excluding hydrogens is 192 g/mol. The van der Waals surface area contributed by atoms with E-state index in [2.05, 4.69) is 25.5 Å². The first-order valence-electron chi connectivity index (χ1n) is 4.33. The molecule has 0 fully saturated rings. The number of H-pyrrole nitrogens is 1. The summed E-state index contributed by atoms with van der Waals surface area (Å²) in [6, 6.07) is 3.59. The molecule has 0 saturated carbocycles. The zero-order valence-corrected chi connectivity index (χ0v) is 7.81. The molecule has 6 heteroatoms. The van der Waals surface area contributed by atoms with Crippen LogP contribution >= 0.6 is 0 Å². The minimum absolute atomic E-state index is 0.427. The molecule has 0 aliphatic carbocycles. The van der Waals surface area contributed by atoms with Gasteiger partial charge in [0.15, 0.2) is 0 Å². The van der Waals surface area contributed by atoms with E-state index in [9.17, 15) is 0 Å². The van der Waals surface area contributed by atoms with Gasteiger partial charge in [-0.2, -0.15) is 10.4 Å². The predicted molar refractivity (Wildman–Crippen MR) is 52.7 cm³/mol. The maximum Gasteiger partial charge on any atom is 0.149 e. The van der Waals surface area contributed by atoms with E-state index in [4.69, 9.17) is 5.26 Å². The summed E-state index contributed by atoms with van der Waals surface area (Å²) in [5.74, 6) is 0.622. The van der Waals surface area contributed by atoms with E-state index in [0.717, 1.165) is 5.69 Å². The van der Waals surface area contributed by atoms with E-state index in [-0.39, 0.29) is 0 Å². The van der Waals surface area contributed by atoms with Gasteiger partial charge in [0, 0.05) is 18.5 Å². The summed E-state index contributed by atoms with van der Waals surface area (Å²) in [6.07, 6.45) is 4.92. The second kappa shape index (κ2) is 4.19. The molecule has 0 amide bonds. The van der Waals surface area contributed by atoms with Crippen molar-refractivity contribution >= 4 is 5.82 Å². The topological polar surface area (TPSA) is 90.3 Å². The van der Waals surface area contributed by atoms with Crippen molar-refractivity contribution < 1.29 is 0 Å². The average molecular weight is 200 g/mol. The fourth-order valence-corrected chi connectivity index (χ4v) is 1.07. The molecule has 0 aromatic carbocycles. The summed E-state index contributed by atoms with van der Waals surface area (Å²) in [5, 5.41) is 18.1. The Morgan fingerprint density at radius 3 is 3.07 bits per heavy atom. The monoisotopic (exact) mass is 200 g/mol. The molecule has 74 valence electrons. The van der Waals surface area contributed by atoms with E-state index < -0.39 is 0 Å². The van der Waals surface area contributed by atoms with Crippen molar-refractivity contribution in [3.63, 3.8) is 0 Å². The predicted octanol–water partition coefficient (Wildman–Crippen LogP) is 0.683. The highest BCUT2D eigenvalue weighted by molar-refractivity contribution is 5.39. The lowest BCUT2D eigenvalue weighted by molar-refractivity contribution is 0.984. The van der Waals surface area contributed by atoms with Crippen LogP contribution in [0.1, 0.15) is 11.4 Å². The lowest BCUT2D eigenvalue weighted by Crippen LogP contribution is -2.01. The number of nitrogens with one attached hydrogen (secondary N) is 2. The van der Waals surface area contributed by atoms with Gasteiger partial charge in [0.25, 0.3) is 0 Å². The highest BCUT2D eigenvalue weighted by atomic mass is 15.2. The molecule has 2 aromatic heterocycles. The first-order valence-corrected chi connectivity index (χ1v) is 4.33. The minimum atomic E-state index is 0.427. The van der Waals surface area contributed by atoms with Gasteiger partial charge in [0.05, 0.1) is 18.4 Å². The SMILES string of the molecule is N#Cc1cc(NCc2cnccn2)n[nH]1. The summed E-state index contributed by atoms with van der Waals surface area (Å²) in [5.41, 5.74) is 1.25. The second-order valence-electron chi connectivity index (χ2n) is 2.83. The van der Waals surface area contributed by atoms with Crippen molar-refractivity contribution in [3.8, 4) is 6.07 Å².